The monoisotopic (exact) mass is 109 g/mol. The molecule has 3 nitrogen and oxygen atoms in total. The van der Waals surface area contributed by atoms with Crippen LogP contribution in [-0.4, -0.2) is 17.8 Å². The van der Waals surface area contributed by atoms with Crippen LogP contribution in [0.15, 0.2) is 12.2 Å². The molecular weight excluding hydrogens is 104 g/mol. The highest BCUT2D eigenvalue weighted by atomic mass is 16.1. The lowest BCUT2D eigenvalue weighted by atomic mass is 10.3. The summed E-state index contributed by atoms with van der Waals surface area (Å²) < 4.78 is 3.64. The molecule has 2 N–H and O–H groups in total. The molecule has 0 fully saturated rings. The van der Waals surface area contributed by atoms with Crippen LogP contribution in [0.5, 0.6) is 0 Å². The molecule has 0 aromatic heterocycles. The van der Waals surface area contributed by atoms with Gasteiger partial charge in [0, 0.05) is 12.2 Å². The van der Waals surface area contributed by atoms with Crippen LogP contribution in [0.25, 0.3) is 0 Å². The van der Waals surface area contributed by atoms with Crippen molar-refractivity contribution in [1.82, 2.24) is 4.67 Å². The summed E-state index contributed by atoms with van der Waals surface area (Å²) >= 11 is 0. The van der Waals surface area contributed by atoms with Gasteiger partial charge in [-0.2, -0.15) is 0 Å². The molecule has 0 spiro atoms. The van der Waals surface area contributed by atoms with E-state index in [4.69, 9.17) is 5.73 Å². The zero-order chi connectivity index (χ0) is 5.98. The van der Waals surface area contributed by atoms with Crippen LogP contribution >= 0.6 is 0 Å². The number of rotatable bonds is 1. The predicted molar refractivity (Wildman–Crippen MR) is 31.5 cm³/mol. The lowest BCUT2D eigenvalue weighted by molar-refractivity contribution is -0.111. The second-order valence-corrected chi connectivity index (χ2v) is 1.39. The van der Waals surface area contributed by atoms with Gasteiger partial charge in [-0.15, -0.1) is 0 Å². The first-order chi connectivity index (χ1) is 3.80. The van der Waals surface area contributed by atoms with Gasteiger partial charge in [0.15, 0.2) is 0 Å². The maximum atomic E-state index is 10.2. The van der Waals surface area contributed by atoms with Crippen molar-refractivity contribution < 1.29 is 4.79 Å². The summed E-state index contributed by atoms with van der Waals surface area (Å²) in [5.41, 5.74) is 5.18. The molecule has 40 valence electrons. The molecule has 0 aromatic carbocycles. The number of allylic oxidation sites excluding steroid dienone is 1. The molecule has 0 saturated carbocycles. The highest BCUT2D eigenvalue weighted by Crippen LogP contribution is 1.76. The molecule has 1 heterocycles. The predicted octanol–water partition coefficient (Wildman–Crippen LogP) is -1.38. The van der Waals surface area contributed by atoms with Gasteiger partial charge in [0.05, 0.1) is 0 Å². The van der Waals surface area contributed by atoms with Crippen molar-refractivity contribution in [2.45, 2.75) is 0 Å². The molecule has 0 aliphatic carbocycles. The topological polar surface area (TPSA) is 57.2 Å². The smallest absolute Gasteiger partial charge is 0.359 e. The van der Waals surface area contributed by atoms with E-state index in [0.29, 0.717) is 5.71 Å². The Hall–Kier alpha value is -1.34. The SMILES string of the molecule is NC(=O)C1=[N+]=CC=C1. The van der Waals surface area contributed by atoms with Crippen LogP contribution in [-0.2, 0) is 4.79 Å². The third-order valence-corrected chi connectivity index (χ3v) is 0.806. The number of primary amides is 1. The van der Waals surface area contributed by atoms with Crippen LogP contribution in [0.4, 0.5) is 0 Å². The van der Waals surface area contributed by atoms with E-state index in [1.54, 1.807) is 12.2 Å². The van der Waals surface area contributed by atoms with E-state index in [-0.39, 0.29) is 0 Å². The van der Waals surface area contributed by atoms with Crippen molar-refractivity contribution >= 4 is 17.8 Å². The zero-order valence-corrected chi connectivity index (χ0v) is 4.16. The minimum atomic E-state index is -0.477. The Bertz CT molecular complexity index is 208. The van der Waals surface area contributed by atoms with Gasteiger partial charge in [-0.1, -0.05) is 4.67 Å². The van der Waals surface area contributed by atoms with Crippen LogP contribution in [0.1, 0.15) is 0 Å². The van der Waals surface area contributed by atoms with Gasteiger partial charge in [-0.25, -0.2) is 0 Å². The summed E-state index contributed by atoms with van der Waals surface area (Å²) in [6.45, 7) is 0. The van der Waals surface area contributed by atoms with Gasteiger partial charge in [0.25, 0.3) is 6.21 Å². The van der Waals surface area contributed by atoms with Gasteiger partial charge in [-0.05, 0) is 0 Å². The maximum absolute atomic E-state index is 10.2. The first kappa shape index (κ1) is 4.81. The fraction of sp³-hybridized carbons (Fsp3) is 0. The maximum Gasteiger partial charge on any atom is 0.391 e. The standard InChI is InChI=1S/C5H4N2O/c6-5(8)4-2-1-3-7-4/h1-3H,(H-,6,8)/p+1. The zero-order valence-electron chi connectivity index (χ0n) is 4.16. The second-order valence-electron chi connectivity index (χ2n) is 1.39. The molecule has 1 aliphatic heterocycles. The number of amides is 1. The third kappa shape index (κ3) is 0.669. The second kappa shape index (κ2) is 1.64. The van der Waals surface area contributed by atoms with E-state index in [1.165, 1.54) is 6.21 Å². The van der Waals surface area contributed by atoms with Crippen LogP contribution in [0, 0.1) is 0 Å². The lowest BCUT2D eigenvalue weighted by Crippen LogP contribution is -2.21. The summed E-state index contributed by atoms with van der Waals surface area (Å²) in [5.74, 6) is -0.477. The van der Waals surface area contributed by atoms with Crippen molar-refractivity contribution in [3.8, 4) is 0 Å². The molecule has 0 saturated heterocycles. The molecule has 0 aromatic rings. The van der Waals surface area contributed by atoms with Gasteiger partial charge < -0.3 is 5.73 Å². The van der Waals surface area contributed by atoms with E-state index in [1.807, 2.05) is 0 Å². The number of carbonyl (C=O) groups excluding carboxylic acids is 1. The van der Waals surface area contributed by atoms with Gasteiger partial charge in [0.1, 0.15) is 0 Å². The number of nitrogens with zero attached hydrogens (tertiary/aromatic N) is 1. The van der Waals surface area contributed by atoms with E-state index >= 15 is 0 Å². The Balaban J connectivity index is 2.90. The Morgan fingerprint density at radius 3 is 2.75 bits per heavy atom. The summed E-state index contributed by atoms with van der Waals surface area (Å²) in [5, 5.41) is 0. The first-order valence-electron chi connectivity index (χ1n) is 2.18. The fourth-order valence-electron chi connectivity index (χ4n) is 0.446. The Kier molecular flexibility index (Phi) is 0.985. The van der Waals surface area contributed by atoms with Gasteiger partial charge in [0.2, 0.25) is 0 Å². The van der Waals surface area contributed by atoms with E-state index < -0.39 is 5.91 Å². The average molecular weight is 109 g/mol. The molecule has 0 radical (unpaired) electrons. The molecule has 1 amide bonds. The number of nitrogens with two attached hydrogens (primary N) is 1. The first-order valence-corrected chi connectivity index (χ1v) is 2.18. The van der Waals surface area contributed by atoms with Gasteiger partial charge >= 0.3 is 11.6 Å². The molecule has 8 heavy (non-hydrogen) atoms. The normalized spacial score (nSPS) is 14.2. The molecule has 1 aliphatic rings. The van der Waals surface area contributed by atoms with Crippen LogP contribution in [0.3, 0.4) is 0 Å². The largest absolute Gasteiger partial charge is 0.391 e. The molecule has 3 heteroatoms. The minimum absolute atomic E-state index is 0.324. The van der Waals surface area contributed by atoms with Gasteiger partial charge in [-0.3, -0.25) is 4.79 Å². The van der Waals surface area contributed by atoms with Crippen LogP contribution in [0.2, 0.25) is 0 Å². The fourth-order valence-corrected chi connectivity index (χ4v) is 0.446. The number of hydrogen-bond acceptors (Lipinski definition) is 1. The summed E-state index contributed by atoms with van der Waals surface area (Å²) in [7, 11) is 0. The molecule has 0 atom stereocenters. The summed E-state index contributed by atoms with van der Waals surface area (Å²) in [6, 6.07) is 0. The lowest BCUT2D eigenvalue weighted by Gasteiger charge is -1.69. The summed E-state index contributed by atoms with van der Waals surface area (Å²) in [4.78, 5) is 10.2. The van der Waals surface area contributed by atoms with Crippen molar-refractivity contribution in [2.24, 2.45) is 5.73 Å². The third-order valence-electron chi connectivity index (χ3n) is 0.806. The van der Waals surface area contributed by atoms with Crippen molar-refractivity contribution in [3.63, 3.8) is 0 Å². The Labute approximate surface area is 46.2 Å². The molecule has 0 bridgehead atoms. The molecule has 0 unspecified atom stereocenters. The summed E-state index contributed by atoms with van der Waals surface area (Å²) in [6.07, 6.45) is 4.77. The highest BCUT2D eigenvalue weighted by Gasteiger charge is 2.14. The van der Waals surface area contributed by atoms with E-state index in [9.17, 15) is 4.79 Å². The Morgan fingerprint density at radius 1 is 1.75 bits per heavy atom. The van der Waals surface area contributed by atoms with E-state index in [2.05, 4.69) is 4.67 Å². The van der Waals surface area contributed by atoms with Crippen LogP contribution < -0.4 is 10.4 Å². The van der Waals surface area contributed by atoms with Crippen molar-refractivity contribution in [1.29, 1.82) is 0 Å². The van der Waals surface area contributed by atoms with Crippen molar-refractivity contribution in [2.75, 3.05) is 0 Å². The quantitative estimate of drug-likeness (QED) is 0.414. The highest BCUT2D eigenvalue weighted by molar-refractivity contribution is 6.44. The minimum Gasteiger partial charge on any atom is -0.359 e. The number of carbonyl (C=O) groups is 1. The molecular formula is C5H5N2O+. The van der Waals surface area contributed by atoms with E-state index in [0.717, 1.165) is 0 Å². The Morgan fingerprint density at radius 2 is 2.50 bits per heavy atom. The number of hydrogen-bond donors (Lipinski definition) is 1. The molecule has 1 rings (SSSR count). The average Bonchev–Trinajstić information content (AvgIpc) is 2.12. The van der Waals surface area contributed by atoms with Crippen molar-refractivity contribution in [3.05, 3.63) is 12.2 Å².